The fraction of sp³-hybridized carbons (Fsp3) is 0.571. The molecule has 1 aromatic heterocycles. The lowest BCUT2D eigenvalue weighted by atomic mass is 10.0. The van der Waals surface area contributed by atoms with Crippen molar-refractivity contribution in [3.63, 3.8) is 0 Å². The molecule has 2 N–H and O–H groups in total. The number of thiazole rings is 1. The van der Waals surface area contributed by atoms with Crippen LogP contribution in [0.25, 0.3) is 0 Å². The molecule has 1 unspecified atom stereocenters. The van der Waals surface area contributed by atoms with Crippen molar-refractivity contribution in [3.05, 3.63) is 11.6 Å². The van der Waals surface area contributed by atoms with Gasteiger partial charge >= 0.3 is 11.8 Å². The Morgan fingerprint density at radius 3 is 2.82 bits per heavy atom. The summed E-state index contributed by atoms with van der Waals surface area (Å²) in [6, 6.07) is -0.0970. The van der Waals surface area contributed by atoms with E-state index in [-0.39, 0.29) is 17.9 Å². The average molecular weight is 324 g/mol. The van der Waals surface area contributed by atoms with Crippen molar-refractivity contribution in [2.75, 3.05) is 18.4 Å². The van der Waals surface area contributed by atoms with E-state index in [1.165, 1.54) is 16.2 Å². The van der Waals surface area contributed by atoms with Crippen molar-refractivity contribution in [2.45, 2.75) is 32.7 Å². The second-order valence-electron chi connectivity index (χ2n) is 5.54. The van der Waals surface area contributed by atoms with Crippen LogP contribution in [-0.2, 0) is 14.4 Å². The summed E-state index contributed by atoms with van der Waals surface area (Å²) in [6.07, 6.45) is 3.14. The number of aromatic nitrogens is 1. The maximum atomic E-state index is 12.2. The molecule has 1 aliphatic heterocycles. The fourth-order valence-electron chi connectivity index (χ4n) is 2.23. The first-order valence-corrected chi connectivity index (χ1v) is 8.15. The molecule has 3 amide bonds. The van der Waals surface area contributed by atoms with Gasteiger partial charge in [0, 0.05) is 36.6 Å². The van der Waals surface area contributed by atoms with E-state index in [1.807, 2.05) is 13.8 Å². The maximum absolute atomic E-state index is 12.2. The Hall–Kier alpha value is -1.96. The second kappa shape index (κ2) is 7.35. The summed E-state index contributed by atoms with van der Waals surface area (Å²) in [6.45, 7) is 4.53. The van der Waals surface area contributed by atoms with E-state index in [4.69, 9.17) is 0 Å². The van der Waals surface area contributed by atoms with E-state index in [2.05, 4.69) is 15.6 Å². The number of likely N-dealkylation sites (tertiary alicyclic amines) is 1. The monoisotopic (exact) mass is 324 g/mol. The molecule has 22 heavy (non-hydrogen) atoms. The molecule has 0 saturated carbocycles. The highest BCUT2D eigenvalue weighted by Crippen LogP contribution is 2.13. The standard InChI is InChI=1S/C14H20N4O3S/c1-9(2)11(19)16-10-4-3-6-18(8-10)13(21)12(20)17-14-15-5-7-22-14/h5,7,9-10H,3-4,6,8H2,1-2H3,(H,16,19)(H,15,17,20). The van der Waals surface area contributed by atoms with Crippen LogP contribution < -0.4 is 10.6 Å². The number of carbonyl (C=O) groups excluding carboxylic acids is 3. The van der Waals surface area contributed by atoms with Gasteiger partial charge in [-0.1, -0.05) is 13.8 Å². The Morgan fingerprint density at radius 1 is 1.41 bits per heavy atom. The molecule has 0 aliphatic carbocycles. The van der Waals surface area contributed by atoms with Crippen molar-refractivity contribution in [3.8, 4) is 0 Å². The average Bonchev–Trinajstić information content (AvgIpc) is 2.99. The van der Waals surface area contributed by atoms with E-state index in [9.17, 15) is 14.4 Å². The van der Waals surface area contributed by atoms with Crippen LogP contribution in [0.15, 0.2) is 11.6 Å². The third kappa shape index (κ3) is 4.27. The van der Waals surface area contributed by atoms with Crippen molar-refractivity contribution in [2.24, 2.45) is 5.92 Å². The Balaban J connectivity index is 1.89. The smallest absolute Gasteiger partial charge is 0.315 e. The largest absolute Gasteiger partial charge is 0.351 e. The summed E-state index contributed by atoms with van der Waals surface area (Å²) in [5.74, 6) is -1.41. The third-order valence-electron chi connectivity index (χ3n) is 3.43. The lowest BCUT2D eigenvalue weighted by molar-refractivity contribution is -0.144. The summed E-state index contributed by atoms with van der Waals surface area (Å²) >= 11 is 1.26. The van der Waals surface area contributed by atoms with Crippen molar-refractivity contribution in [1.29, 1.82) is 0 Å². The molecule has 2 heterocycles. The van der Waals surface area contributed by atoms with E-state index < -0.39 is 11.8 Å². The SMILES string of the molecule is CC(C)C(=O)NC1CCCN(C(=O)C(=O)Nc2nccs2)C1. The molecule has 1 saturated heterocycles. The molecule has 0 radical (unpaired) electrons. The van der Waals surface area contributed by atoms with Gasteiger partial charge in [0.25, 0.3) is 0 Å². The first kappa shape index (κ1) is 16.4. The van der Waals surface area contributed by atoms with Crippen LogP contribution in [0, 0.1) is 5.92 Å². The topological polar surface area (TPSA) is 91.4 Å². The fourth-order valence-corrected chi connectivity index (χ4v) is 2.75. The summed E-state index contributed by atoms with van der Waals surface area (Å²) in [5, 5.41) is 7.52. The Labute approximate surface area is 133 Å². The number of amides is 3. The lowest BCUT2D eigenvalue weighted by Crippen LogP contribution is -2.52. The minimum atomic E-state index is -0.689. The van der Waals surface area contributed by atoms with Gasteiger partial charge in [-0.05, 0) is 12.8 Å². The van der Waals surface area contributed by atoms with E-state index in [0.29, 0.717) is 18.2 Å². The molecule has 0 bridgehead atoms. The van der Waals surface area contributed by atoms with E-state index >= 15 is 0 Å². The molecule has 1 aliphatic rings. The zero-order valence-corrected chi connectivity index (χ0v) is 13.5. The summed E-state index contributed by atoms with van der Waals surface area (Å²) in [5.41, 5.74) is 0. The molecule has 1 atom stereocenters. The molecule has 120 valence electrons. The predicted molar refractivity (Wildman–Crippen MR) is 83.3 cm³/mol. The number of carbonyl (C=O) groups is 3. The zero-order valence-electron chi connectivity index (χ0n) is 12.7. The molecule has 1 fully saturated rings. The van der Waals surface area contributed by atoms with Gasteiger partial charge in [0.2, 0.25) is 5.91 Å². The number of rotatable bonds is 3. The normalized spacial score (nSPS) is 18.1. The summed E-state index contributed by atoms with van der Waals surface area (Å²) < 4.78 is 0. The summed E-state index contributed by atoms with van der Waals surface area (Å²) in [4.78, 5) is 41.2. The second-order valence-corrected chi connectivity index (χ2v) is 6.44. The van der Waals surface area contributed by atoms with Gasteiger partial charge < -0.3 is 10.2 Å². The van der Waals surface area contributed by atoms with E-state index in [1.54, 1.807) is 11.6 Å². The van der Waals surface area contributed by atoms with Crippen LogP contribution >= 0.6 is 11.3 Å². The van der Waals surface area contributed by atoms with Crippen LogP contribution in [0.1, 0.15) is 26.7 Å². The van der Waals surface area contributed by atoms with Gasteiger partial charge in [-0.15, -0.1) is 11.3 Å². The van der Waals surface area contributed by atoms with Gasteiger partial charge in [0.1, 0.15) is 0 Å². The number of hydrogen-bond acceptors (Lipinski definition) is 5. The Bertz CT molecular complexity index is 544. The van der Waals surface area contributed by atoms with Crippen molar-refractivity contribution in [1.82, 2.24) is 15.2 Å². The number of anilines is 1. The van der Waals surface area contributed by atoms with Gasteiger partial charge in [0.05, 0.1) is 0 Å². The highest BCUT2D eigenvalue weighted by Gasteiger charge is 2.29. The molecule has 0 aromatic carbocycles. The van der Waals surface area contributed by atoms with Crippen LogP contribution in [0.4, 0.5) is 5.13 Å². The maximum Gasteiger partial charge on any atom is 0.315 e. The molecule has 7 nitrogen and oxygen atoms in total. The number of nitrogens with one attached hydrogen (secondary N) is 2. The highest BCUT2D eigenvalue weighted by atomic mass is 32.1. The highest BCUT2D eigenvalue weighted by molar-refractivity contribution is 7.13. The van der Waals surface area contributed by atoms with Gasteiger partial charge in [-0.25, -0.2) is 4.98 Å². The number of piperidine rings is 1. The molecule has 0 spiro atoms. The van der Waals surface area contributed by atoms with Crippen LogP contribution in [-0.4, -0.2) is 46.7 Å². The molecule has 1 aromatic rings. The number of hydrogen-bond donors (Lipinski definition) is 2. The summed E-state index contributed by atoms with van der Waals surface area (Å²) in [7, 11) is 0. The van der Waals surface area contributed by atoms with Crippen molar-refractivity contribution < 1.29 is 14.4 Å². The first-order valence-electron chi connectivity index (χ1n) is 7.27. The van der Waals surface area contributed by atoms with Gasteiger partial charge in [-0.2, -0.15) is 0 Å². The Kier molecular flexibility index (Phi) is 5.48. The zero-order chi connectivity index (χ0) is 16.1. The predicted octanol–water partition coefficient (Wildman–Crippen LogP) is 0.845. The Morgan fingerprint density at radius 2 is 2.18 bits per heavy atom. The molecule has 8 heteroatoms. The molecule has 2 rings (SSSR count). The van der Waals surface area contributed by atoms with Crippen LogP contribution in [0.3, 0.4) is 0 Å². The molecular weight excluding hydrogens is 304 g/mol. The van der Waals surface area contributed by atoms with Gasteiger partial charge in [0.15, 0.2) is 5.13 Å². The minimum Gasteiger partial charge on any atom is -0.351 e. The lowest BCUT2D eigenvalue weighted by Gasteiger charge is -2.33. The van der Waals surface area contributed by atoms with Crippen LogP contribution in [0.5, 0.6) is 0 Å². The quantitative estimate of drug-likeness (QED) is 0.806. The van der Waals surface area contributed by atoms with Gasteiger partial charge in [-0.3, -0.25) is 19.7 Å². The number of nitrogens with zero attached hydrogens (tertiary/aromatic N) is 2. The van der Waals surface area contributed by atoms with Crippen molar-refractivity contribution >= 4 is 34.2 Å². The third-order valence-corrected chi connectivity index (χ3v) is 4.11. The molecular formula is C14H20N4O3S. The first-order chi connectivity index (χ1) is 10.5. The van der Waals surface area contributed by atoms with E-state index in [0.717, 1.165) is 12.8 Å². The van der Waals surface area contributed by atoms with Crippen LogP contribution in [0.2, 0.25) is 0 Å². The minimum absolute atomic E-state index is 0.0356.